The van der Waals surface area contributed by atoms with E-state index in [2.05, 4.69) is 29.4 Å². The van der Waals surface area contributed by atoms with Crippen LogP contribution in [0.5, 0.6) is 11.5 Å². The molecule has 1 N–H and O–H groups in total. The second kappa shape index (κ2) is 8.25. The molecule has 0 spiro atoms. The fraction of sp³-hybridized carbons (Fsp3) is 0.647. The van der Waals surface area contributed by atoms with Gasteiger partial charge in [0, 0.05) is 25.2 Å². The van der Waals surface area contributed by atoms with E-state index < -0.39 is 0 Å². The first-order chi connectivity index (χ1) is 10.2. The summed E-state index contributed by atoms with van der Waals surface area (Å²) in [7, 11) is 5.58. The van der Waals surface area contributed by atoms with Crippen LogP contribution in [0.4, 0.5) is 0 Å². The van der Waals surface area contributed by atoms with Gasteiger partial charge in [-0.25, -0.2) is 0 Å². The largest absolute Gasteiger partial charge is 0.497 e. The fourth-order valence-electron chi connectivity index (χ4n) is 2.42. The molecule has 4 heteroatoms. The Kier molecular flexibility index (Phi) is 6.33. The Bertz CT molecular complexity index is 411. The zero-order chi connectivity index (χ0) is 15.1. The van der Waals surface area contributed by atoms with Crippen LogP contribution in [0.25, 0.3) is 0 Å². The van der Waals surface area contributed by atoms with Gasteiger partial charge >= 0.3 is 0 Å². The fourth-order valence-corrected chi connectivity index (χ4v) is 2.42. The Morgan fingerprint density at radius 3 is 2.33 bits per heavy atom. The van der Waals surface area contributed by atoms with Gasteiger partial charge in [0.1, 0.15) is 11.5 Å². The molecule has 0 atom stereocenters. The van der Waals surface area contributed by atoms with Gasteiger partial charge in [-0.2, -0.15) is 0 Å². The lowest BCUT2D eigenvalue weighted by Gasteiger charge is -2.17. The Morgan fingerprint density at radius 1 is 1.10 bits per heavy atom. The number of rotatable bonds is 10. The molecule has 1 fully saturated rings. The molecular formula is C17H28N2O2. The summed E-state index contributed by atoms with van der Waals surface area (Å²) in [6.07, 6.45) is 4.92. The van der Waals surface area contributed by atoms with Crippen LogP contribution in [0, 0.1) is 0 Å². The lowest BCUT2D eigenvalue weighted by molar-refractivity contribution is 0.326. The highest BCUT2D eigenvalue weighted by Gasteiger charge is 2.19. The van der Waals surface area contributed by atoms with Crippen LogP contribution in [-0.4, -0.2) is 51.8 Å². The van der Waals surface area contributed by atoms with E-state index in [1.165, 1.54) is 18.4 Å². The number of nitrogens with zero attached hydrogens (tertiary/aromatic N) is 1. The normalized spacial score (nSPS) is 14.5. The molecule has 0 heterocycles. The Labute approximate surface area is 128 Å². The van der Waals surface area contributed by atoms with E-state index in [4.69, 9.17) is 9.47 Å². The molecule has 1 saturated carbocycles. The van der Waals surface area contributed by atoms with Crippen molar-refractivity contribution in [1.29, 1.82) is 0 Å². The molecule has 1 aliphatic carbocycles. The van der Waals surface area contributed by atoms with E-state index in [0.29, 0.717) is 0 Å². The molecule has 0 amide bonds. The number of nitrogens with one attached hydrogen (secondary N) is 1. The van der Waals surface area contributed by atoms with Crippen molar-refractivity contribution in [2.75, 3.05) is 40.9 Å². The molecule has 0 radical (unpaired) electrons. The van der Waals surface area contributed by atoms with Gasteiger partial charge in [0.15, 0.2) is 0 Å². The summed E-state index contributed by atoms with van der Waals surface area (Å²) in [5.41, 5.74) is 1.27. The second-order valence-electron chi connectivity index (χ2n) is 5.86. The topological polar surface area (TPSA) is 33.7 Å². The maximum absolute atomic E-state index is 5.31. The molecule has 4 nitrogen and oxygen atoms in total. The number of methoxy groups -OCH3 is 2. The average molecular weight is 292 g/mol. The second-order valence-corrected chi connectivity index (χ2v) is 5.86. The highest BCUT2D eigenvalue weighted by Crippen LogP contribution is 2.23. The van der Waals surface area contributed by atoms with Crippen molar-refractivity contribution in [1.82, 2.24) is 10.2 Å². The van der Waals surface area contributed by atoms with Crippen molar-refractivity contribution in [3.63, 3.8) is 0 Å². The van der Waals surface area contributed by atoms with Crippen molar-refractivity contribution >= 4 is 0 Å². The van der Waals surface area contributed by atoms with Gasteiger partial charge < -0.3 is 19.7 Å². The summed E-state index contributed by atoms with van der Waals surface area (Å²) in [5.74, 6) is 1.73. The molecule has 118 valence electrons. The van der Waals surface area contributed by atoms with E-state index in [0.717, 1.165) is 50.0 Å². The number of benzene rings is 1. The first kappa shape index (κ1) is 16.1. The summed E-state index contributed by atoms with van der Waals surface area (Å²) in [6.45, 7) is 3.35. The smallest absolute Gasteiger partial charge is 0.122 e. The van der Waals surface area contributed by atoms with Gasteiger partial charge in [-0.3, -0.25) is 0 Å². The monoisotopic (exact) mass is 292 g/mol. The molecule has 0 bridgehead atoms. The van der Waals surface area contributed by atoms with Crippen molar-refractivity contribution in [3.8, 4) is 11.5 Å². The third-order valence-corrected chi connectivity index (χ3v) is 3.92. The van der Waals surface area contributed by atoms with Crippen LogP contribution in [-0.2, 0) is 6.42 Å². The van der Waals surface area contributed by atoms with E-state index in [1.807, 2.05) is 6.07 Å². The minimum absolute atomic E-state index is 0.808. The van der Waals surface area contributed by atoms with Gasteiger partial charge in [0.05, 0.1) is 14.2 Å². The van der Waals surface area contributed by atoms with Gasteiger partial charge in [-0.05, 0) is 57.0 Å². The maximum Gasteiger partial charge on any atom is 0.122 e. The molecule has 0 saturated heterocycles. The molecule has 1 aliphatic rings. The maximum atomic E-state index is 5.31. The summed E-state index contributed by atoms with van der Waals surface area (Å²) in [5, 5.41) is 3.55. The molecule has 1 aromatic carbocycles. The zero-order valence-corrected chi connectivity index (χ0v) is 13.5. The van der Waals surface area contributed by atoms with E-state index in [-0.39, 0.29) is 0 Å². The molecule has 0 aromatic heterocycles. The van der Waals surface area contributed by atoms with Crippen LogP contribution in [0.2, 0.25) is 0 Å². The summed E-state index contributed by atoms with van der Waals surface area (Å²) in [4.78, 5) is 2.40. The summed E-state index contributed by atoms with van der Waals surface area (Å²) >= 11 is 0. The number of hydrogen-bond donors (Lipinski definition) is 1. The molecule has 0 aliphatic heterocycles. The predicted octanol–water partition coefficient (Wildman–Crippen LogP) is 2.32. The number of likely N-dealkylation sites (N-methyl/N-ethyl adjacent to an activating group) is 1. The zero-order valence-electron chi connectivity index (χ0n) is 13.5. The first-order valence-electron chi connectivity index (χ1n) is 7.85. The minimum Gasteiger partial charge on any atom is -0.497 e. The average Bonchev–Trinajstić information content (AvgIpc) is 3.31. The van der Waals surface area contributed by atoms with Gasteiger partial charge in [-0.1, -0.05) is 0 Å². The van der Waals surface area contributed by atoms with Gasteiger partial charge in [-0.15, -0.1) is 0 Å². The van der Waals surface area contributed by atoms with Crippen LogP contribution in [0.1, 0.15) is 24.8 Å². The molecule has 21 heavy (non-hydrogen) atoms. The van der Waals surface area contributed by atoms with E-state index in [9.17, 15) is 0 Å². The molecule has 2 rings (SSSR count). The lowest BCUT2D eigenvalue weighted by Crippen LogP contribution is -2.31. The SMILES string of the molecule is COc1cc(CCCN(C)CCNC2CC2)cc(OC)c1. The van der Waals surface area contributed by atoms with Crippen LogP contribution in [0.3, 0.4) is 0 Å². The predicted molar refractivity (Wildman–Crippen MR) is 86.4 cm³/mol. The number of hydrogen-bond acceptors (Lipinski definition) is 4. The van der Waals surface area contributed by atoms with Crippen LogP contribution < -0.4 is 14.8 Å². The number of aryl methyl sites for hydroxylation is 1. The number of ether oxygens (including phenoxy) is 2. The summed E-state index contributed by atoms with van der Waals surface area (Å²) < 4.78 is 10.6. The summed E-state index contributed by atoms with van der Waals surface area (Å²) in [6, 6.07) is 6.91. The van der Waals surface area contributed by atoms with Gasteiger partial charge in [0.25, 0.3) is 0 Å². The minimum atomic E-state index is 0.808. The van der Waals surface area contributed by atoms with Crippen molar-refractivity contribution < 1.29 is 9.47 Å². The standard InChI is InChI=1S/C17H28N2O2/c1-19(10-8-18-15-6-7-15)9-4-5-14-11-16(20-2)13-17(12-14)21-3/h11-13,15,18H,4-10H2,1-3H3. The highest BCUT2D eigenvalue weighted by atomic mass is 16.5. The quantitative estimate of drug-likeness (QED) is 0.717. The Balaban J connectivity index is 1.68. The van der Waals surface area contributed by atoms with Crippen molar-refractivity contribution in [3.05, 3.63) is 23.8 Å². The van der Waals surface area contributed by atoms with E-state index in [1.54, 1.807) is 14.2 Å². The third kappa shape index (κ3) is 5.94. The third-order valence-electron chi connectivity index (χ3n) is 3.92. The van der Waals surface area contributed by atoms with Crippen molar-refractivity contribution in [2.45, 2.75) is 31.7 Å². The molecule has 0 unspecified atom stereocenters. The Morgan fingerprint density at radius 2 is 1.76 bits per heavy atom. The van der Waals surface area contributed by atoms with E-state index >= 15 is 0 Å². The molecule has 1 aromatic rings. The van der Waals surface area contributed by atoms with Crippen LogP contribution >= 0.6 is 0 Å². The van der Waals surface area contributed by atoms with Crippen LogP contribution in [0.15, 0.2) is 18.2 Å². The van der Waals surface area contributed by atoms with Gasteiger partial charge in [0.2, 0.25) is 0 Å². The highest BCUT2D eigenvalue weighted by molar-refractivity contribution is 5.38. The lowest BCUT2D eigenvalue weighted by atomic mass is 10.1. The Hall–Kier alpha value is -1.26. The van der Waals surface area contributed by atoms with Crippen molar-refractivity contribution in [2.24, 2.45) is 0 Å². The molecular weight excluding hydrogens is 264 g/mol. The first-order valence-corrected chi connectivity index (χ1v) is 7.85.